The van der Waals surface area contributed by atoms with Crippen LogP contribution in [0, 0.1) is 11.8 Å². The molecule has 1 saturated carbocycles. The molecule has 21 heavy (non-hydrogen) atoms. The molecular formula is C18H29NO2. The molecule has 2 unspecified atom stereocenters. The molecule has 0 amide bonds. The molecule has 1 aromatic carbocycles. The lowest BCUT2D eigenvalue weighted by atomic mass is 9.93. The summed E-state index contributed by atoms with van der Waals surface area (Å²) < 4.78 is 5.22. The van der Waals surface area contributed by atoms with Crippen molar-refractivity contribution in [2.45, 2.75) is 51.7 Å². The first-order valence-corrected chi connectivity index (χ1v) is 8.01. The Hall–Kier alpha value is -1.06. The Labute approximate surface area is 128 Å². The third-order valence-corrected chi connectivity index (χ3v) is 4.12. The molecule has 2 rings (SSSR count). The van der Waals surface area contributed by atoms with Gasteiger partial charge in [0.25, 0.3) is 0 Å². The molecule has 3 nitrogen and oxygen atoms in total. The SMILES string of the molecule is COc1ccc(C(NCC(C)(O)CC(C)C)C2CC2)cc1. The second-order valence-corrected chi connectivity index (χ2v) is 7.06. The number of hydrogen-bond donors (Lipinski definition) is 2. The summed E-state index contributed by atoms with van der Waals surface area (Å²) in [4.78, 5) is 0. The van der Waals surface area contributed by atoms with E-state index in [1.807, 2.05) is 19.1 Å². The monoisotopic (exact) mass is 291 g/mol. The van der Waals surface area contributed by atoms with Crippen molar-refractivity contribution in [2.75, 3.05) is 13.7 Å². The van der Waals surface area contributed by atoms with Gasteiger partial charge < -0.3 is 15.2 Å². The van der Waals surface area contributed by atoms with Gasteiger partial charge >= 0.3 is 0 Å². The first kappa shape index (κ1) is 16.3. The summed E-state index contributed by atoms with van der Waals surface area (Å²) in [6.45, 7) is 6.86. The topological polar surface area (TPSA) is 41.5 Å². The fraction of sp³-hybridized carbons (Fsp3) is 0.667. The predicted octanol–water partition coefficient (Wildman–Crippen LogP) is 3.53. The molecule has 118 valence electrons. The highest BCUT2D eigenvalue weighted by atomic mass is 16.5. The molecule has 1 aliphatic carbocycles. The number of benzene rings is 1. The number of aliphatic hydroxyl groups is 1. The summed E-state index contributed by atoms with van der Waals surface area (Å²) in [5, 5.41) is 14.1. The van der Waals surface area contributed by atoms with Gasteiger partial charge in [-0.25, -0.2) is 0 Å². The van der Waals surface area contributed by atoms with Crippen molar-refractivity contribution in [2.24, 2.45) is 11.8 Å². The van der Waals surface area contributed by atoms with Crippen LogP contribution in [0.1, 0.15) is 51.6 Å². The smallest absolute Gasteiger partial charge is 0.118 e. The molecule has 1 aromatic rings. The van der Waals surface area contributed by atoms with Crippen LogP contribution >= 0.6 is 0 Å². The predicted molar refractivity (Wildman–Crippen MR) is 86.5 cm³/mol. The highest BCUT2D eigenvalue weighted by Gasteiger charge is 2.33. The summed E-state index contributed by atoms with van der Waals surface area (Å²) in [5.74, 6) is 2.09. The molecule has 2 N–H and O–H groups in total. The Bertz CT molecular complexity index is 435. The van der Waals surface area contributed by atoms with Crippen LogP contribution < -0.4 is 10.1 Å². The van der Waals surface area contributed by atoms with E-state index in [4.69, 9.17) is 4.74 Å². The average molecular weight is 291 g/mol. The molecule has 0 bridgehead atoms. The minimum atomic E-state index is -0.645. The highest BCUT2D eigenvalue weighted by molar-refractivity contribution is 5.30. The quantitative estimate of drug-likeness (QED) is 0.770. The molecule has 1 aliphatic rings. The zero-order valence-corrected chi connectivity index (χ0v) is 13.7. The maximum absolute atomic E-state index is 10.5. The molecule has 2 atom stereocenters. The largest absolute Gasteiger partial charge is 0.497 e. The van der Waals surface area contributed by atoms with Crippen LogP contribution in [0.2, 0.25) is 0 Å². The maximum atomic E-state index is 10.5. The van der Waals surface area contributed by atoms with Gasteiger partial charge in [0.2, 0.25) is 0 Å². The van der Waals surface area contributed by atoms with Crippen molar-refractivity contribution in [1.29, 1.82) is 0 Å². The number of ether oxygens (including phenoxy) is 1. The Morgan fingerprint density at radius 2 is 1.90 bits per heavy atom. The van der Waals surface area contributed by atoms with Gasteiger partial charge in [-0.3, -0.25) is 0 Å². The van der Waals surface area contributed by atoms with Crippen LogP contribution in [0.5, 0.6) is 5.75 Å². The van der Waals surface area contributed by atoms with Gasteiger partial charge in [0.05, 0.1) is 12.7 Å². The van der Waals surface area contributed by atoms with Gasteiger partial charge in [-0.05, 0) is 55.7 Å². The van der Waals surface area contributed by atoms with E-state index in [1.54, 1.807) is 7.11 Å². The molecule has 0 saturated heterocycles. The van der Waals surface area contributed by atoms with Crippen molar-refractivity contribution in [3.63, 3.8) is 0 Å². The summed E-state index contributed by atoms with van der Waals surface area (Å²) in [6, 6.07) is 8.63. The summed E-state index contributed by atoms with van der Waals surface area (Å²) >= 11 is 0. The van der Waals surface area contributed by atoms with Crippen molar-refractivity contribution in [1.82, 2.24) is 5.32 Å². The average Bonchev–Trinajstić information content (AvgIpc) is 3.22. The lowest BCUT2D eigenvalue weighted by Gasteiger charge is -2.29. The summed E-state index contributed by atoms with van der Waals surface area (Å²) in [6.07, 6.45) is 3.37. The van der Waals surface area contributed by atoms with Crippen LogP contribution in [0.25, 0.3) is 0 Å². The van der Waals surface area contributed by atoms with E-state index < -0.39 is 5.60 Å². The van der Waals surface area contributed by atoms with Crippen LogP contribution in [0.15, 0.2) is 24.3 Å². The first-order chi connectivity index (χ1) is 9.91. The lowest BCUT2D eigenvalue weighted by Crippen LogP contribution is -2.41. The number of methoxy groups -OCH3 is 1. The molecule has 0 aromatic heterocycles. The Morgan fingerprint density at radius 3 is 2.38 bits per heavy atom. The van der Waals surface area contributed by atoms with Gasteiger partial charge in [-0.2, -0.15) is 0 Å². The fourth-order valence-electron chi connectivity index (χ4n) is 3.08. The van der Waals surface area contributed by atoms with Crippen molar-refractivity contribution in [3.05, 3.63) is 29.8 Å². The van der Waals surface area contributed by atoms with E-state index in [0.717, 1.165) is 12.2 Å². The highest BCUT2D eigenvalue weighted by Crippen LogP contribution is 2.41. The van der Waals surface area contributed by atoms with Crippen LogP contribution in [-0.2, 0) is 0 Å². The van der Waals surface area contributed by atoms with E-state index in [2.05, 4.69) is 31.3 Å². The number of hydrogen-bond acceptors (Lipinski definition) is 3. The second-order valence-electron chi connectivity index (χ2n) is 7.06. The molecule has 3 heteroatoms. The zero-order chi connectivity index (χ0) is 15.5. The molecule has 0 heterocycles. The third kappa shape index (κ3) is 5.01. The molecule has 1 fully saturated rings. The number of rotatable bonds is 8. The molecular weight excluding hydrogens is 262 g/mol. The Balaban J connectivity index is 1.99. The minimum absolute atomic E-state index is 0.342. The normalized spacial score (nSPS) is 19.3. The van der Waals surface area contributed by atoms with Gasteiger partial charge in [-0.1, -0.05) is 26.0 Å². The van der Waals surface area contributed by atoms with E-state index in [-0.39, 0.29) is 0 Å². The summed E-state index contributed by atoms with van der Waals surface area (Å²) in [5.41, 5.74) is 0.645. The standard InChI is InChI=1S/C18H29NO2/c1-13(2)11-18(3,20)12-19-17(14-5-6-14)15-7-9-16(21-4)10-8-15/h7-10,13-14,17,19-20H,5-6,11-12H2,1-4H3. The zero-order valence-electron chi connectivity index (χ0n) is 13.7. The third-order valence-electron chi connectivity index (χ3n) is 4.12. The van der Waals surface area contributed by atoms with E-state index >= 15 is 0 Å². The molecule has 0 radical (unpaired) electrons. The Kier molecular flexibility index (Phi) is 5.28. The van der Waals surface area contributed by atoms with E-state index in [1.165, 1.54) is 18.4 Å². The fourth-order valence-corrected chi connectivity index (χ4v) is 3.08. The van der Waals surface area contributed by atoms with Gasteiger partial charge in [0, 0.05) is 12.6 Å². The van der Waals surface area contributed by atoms with Crippen molar-refractivity contribution in [3.8, 4) is 5.75 Å². The second kappa shape index (κ2) is 6.80. The molecule has 0 spiro atoms. The van der Waals surface area contributed by atoms with Gasteiger partial charge in [0.15, 0.2) is 0 Å². The summed E-state index contributed by atoms with van der Waals surface area (Å²) in [7, 11) is 1.69. The first-order valence-electron chi connectivity index (χ1n) is 8.01. The molecule has 0 aliphatic heterocycles. The van der Waals surface area contributed by atoms with Crippen molar-refractivity contribution < 1.29 is 9.84 Å². The van der Waals surface area contributed by atoms with Crippen LogP contribution in [0.3, 0.4) is 0 Å². The van der Waals surface area contributed by atoms with E-state index in [9.17, 15) is 5.11 Å². The minimum Gasteiger partial charge on any atom is -0.497 e. The van der Waals surface area contributed by atoms with Crippen LogP contribution in [0.4, 0.5) is 0 Å². The maximum Gasteiger partial charge on any atom is 0.118 e. The van der Waals surface area contributed by atoms with E-state index in [0.29, 0.717) is 24.4 Å². The van der Waals surface area contributed by atoms with Gasteiger partial charge in [-0.15, -0.1) is 0 Å². The Morgan fingerprint density at radius 1 is 1.29 bits per heavy atom. The van der Waals surface area contributed by atoms with Gasteiger partial charge in [0.1, 0.15) is 5.75 Å². The lowest BCUT2D eigenvalue weighted by molar-refractivity contribution is 0.0351. The van der Waals surface area contributed by atoms with Crippen LogP contribution in [-0.4, -0.2) is 24.4 Å². The van der Waals surface area contributed by atoms with Crippen molar-refractivity contribution >= 4 is 0 Å². The number of nitrogens with one attached hydrogen (secondary N) is 1.